The molecule has 0 aromatic carbocycles. The van der Waals surface area contributed by atoms with E-state index >= 15 is 0 Å². The van der Waals surface area contributed by atoms with Crippen molar-refractivity contribution in [2.24, 2.45) is 7.05 Å². The van der Waals surface area contributed by atoms with Crippen LogP contribution in [0.4, 0.5) is 5.69 Å². The summed E-state index contributed by atoms with van der Waals surface area (Å²) < 4.78 is 1.83. The van der Waals surface area contributed by atoms with E-state index < -0.39 is 0 Å². The second-order valence-electron chi connectivity index (χ2n) is 4.51. The predicted octanol–water partition coefficient (Wildman–Crippen LogP) is 2.19. The molecule has 1 aliphatic rings. The van der Waals surface area contributed by atoms with Gasteiger partial charge in [-0.25, -0.2) is 4.98 Å². The molecule has 2 aromatic rings. The van der Waals surface area contributed by atoms with Crippen molar-refractivity contribution >= 4 is 28.5 Å². The van der Waals surface area contributed by atoms with Gasteiger partial charge in [0.15, 0.2) is 5.65 Å². The normalized spacial score (nSPS) is 20.0. The molecule has 0 saturated carbocycles. The van der Waals surface area contributed by atoms with E-state index in [1.54, 1.807) is 0 Å². The van der Waals surface area contributed by atoms with Gasteiger partial charge >= 0.3 is 0 Å². The summed E-state index contributed by atoms with van der Waals surface area (Å²) >= 11 is 2.01. The van der Waals surface area contributed by atoms with Crippen LogP contribution in [0.3, 0.4) is 0 Å². The molecule has 1 N–H and O–H groups in total. The van der Waals surface area contributed by atoms with E-state index in [0.717, 1.165) is 22.4 Å². The highest BCUT2D eigenvalue weighted by atomic mass is 32.2. The van der Waals surface area contributed by atoms with E-state index in [1.807, 2.05) is 36.6 Å². The lowest BCUT2D eigenvalue weighted by atomic mass is 10.2. The molecule has 1 fully saturated rings. The number of anilines is 1. The Morgan fingerprint density at radius 2 is 2.41 bits per heavy atom. The smallest absolute Gasteiger partial charge is 0.157 e. The topological polar surface area (TPSA) is 42.7 Å². The van der Waals surface area contributed by atoms with Crippen molar-refractivity contribution in [3.8, 4) is 0 Å². The van der Waals surface area contributed by atoms with Crippen molar-refractivity contribution in [1.82, 2.24) is 14.8 Å². The zero-order valence-corrected chi connectivity index (χ0v) is 10.9. The van der Waals surface area contributed by atoms with Crippen molar-refractivity contribution in [2.75, 3.05) is 16.8 Å². The molecule has 1 saturated heterocycles. The number of hydrogen-bond acceptors (Lipinski definition) is 4. The van der Waals surface area contributed by atoms with Gasteiger partial charge in [-0.1, -0.05) is 0 Å². The first-order valence-corrected chi connectivity index (χ1v) is 7.03. The van der Waals surface area contributed by atoms with Gasteiger partial charge in [-0.2, -0.15) is 16.9 Å². The van der Waals surface area contributed by atoms with E-state index in [-0.39, 0.29) is 0 Å². The number of aromatic nitrogens is 3. The van der Waals surface area contributed by atoms with Gasteiger partial charge in [-0.05, 0) is 25.2 Å². The molecule has 0 spiro atoms. The molecule has 0 bridgehead atoms. The van der Waals surface area contributed by atoms with Crippen LogP contribution in [-0.2, 0) is 7.05 Å². The summed E-state index contributed by atoms with van der Waals surface area (Å²) in [6, 6.07) is 2.75. The first-order chi connectivity index (χ1) is 8.24. The van der Waals surface area contributed by atoms with E-state index in [1.165, 1.54) is 17.9 Å². The minimum absolute atomic E-state index is 0.594. The minimum atomic E-state index is 0.594. The van der Waals surface area contributed by atoms with E-state index in [0.29, 0.717) is 6.04 Å². The Balaban J connectivity index is 1.92. The highest BCUT2D eigenvalue weighted by Crippen LogP contribution is 2.24. The van der Waals surface area contributed by atoms with E-state index in [2.05, 4.69) is 21.5 Å². The average Bonchev–Trinajstić information content (AvgIpc) is 2.89. The molecule has 4 nitrogen and oxygen atoms in total. The zero-order chi connectivity index (χ0) is 11.8. The Bertz CT molecular complexity index is 543. The summed E-state index contributed by atoms with van der Waals surface area (Å²) in [7, 11) is 1.93. The maximum atomic E-state index is 4.47. The molecule has 1 atom stereocenters. The lowest BCUT2D eigenvalue weighted by Crippen LogP contribution is -2.18. The molecule has 0 amide bonds. The van der Waals surface area contributed by atoms with E-state index in [9.17, 15) is 0 Å². The number of pyridine rings is 1. The maximum absolute atomic E-state index is 4.47. The Morgan fingerprint density at radius 1 is 1.53 bits per heavy atom. The molecular formula is C12H16N4S. The Labute approximate surface area is 105 Å². The van der Waals surface area contributed by atoms with Gasteiger partial charge in [0, 0.05) is 24.2 Å². The van der Waals surface area contributed by atoms with Crippen LogP contribution in [0, 0.1) is 6.92 Å². The summed E-state index contributed by atoms with van der Waals surface area (Å²) in [5.41, 5.74) is 3.11. The molecule has 17 heavy (non-hydrogen) atoms. The summed E-state index contributed by atoms with van der Waals surface area (Å²) in [4.78, 5) is 4.47. The second kappa shape index (κ2) is 4.22. The lowest BCUT2D eigenvalue weighted by molar-refractivity contribution is 0.773. The maximum Gasteiger partial charge on any atom is 0.157 e. The number of nitrogens with one attached hydrogen (secondary N) is 1. The van der Waals surface area contributed by atoms with Gasteiger partial charge in [0.05, 0.1) is 17.6 Å². The third-order valence-electron chi connectivity index (χ3n) is 3.16. The summed E-state index contributed by atoms with van der Waals surface area (Å²) in [5.74, 6) is 2.46. The highest BCUT2D eigenvalue weighted by molar-refractivity contribution is 7.99. The van der Waals surface area contributed by atoms with Crippen LogP contribution >= 0.6 is 11.8 Å². The van der Waals surface area contributed by atoms with Crippen molar-refractivity contribution in [3.05, 3.63) is 18.0 Å². The number of fused-ring (bicyclic) bond motifs is 1. The summed E-state index contributed by atoms with van der Waals surface area (Å²) in [6.45, 7) is 2.03. The van der Waals surface area contributed by atoms with Crippen LogP contribution in [0.25, 0.3) is 11.0 Å². The highest BCUT2D eigenvalue weighted by Gasteiger charge is 2.15. The van der Waals surface area contributed by atoms with Gasteiger partial charge in [0.1, 0.15) is 0 Å². The van der Waals surface area contributed by atoms with Crippen molar-refractivity contribution < 1.29 is 0 Å². The second-order valence-corrected chi connectivity index (χ2v) is 5.66. The van der Waals surface area contributed by atoms with Crippen LogP contribution in [0.1, 0.15) is 12.1 Å². The molecule has 3 rings (SSSR count). The third-order valence-corrected chi connectivity index (χ3v) is 4.33. The van der Waals surface area contributed by atoms with E-state index in [4.69, 9.17) is 0 Å². The fraction of sp³-hybridized carbons (Fsp3) is 0.500. The molecule has 3 heterocycles. The molecule has 2 aromatic heterocycles. The number of rotatable bonds is 2. The Hall–Kier alpha value is -1.23. The number of nitrogens with zero attached hydrogens (tertiary/aromatic N) is 3. The van der Waals surface area contributed by atoms with Gasteiger partial charge < -0.3 is 5.32 Å². The van der Waals surface area contributed by atoms with Gasteiger partial charge in [-0.15, -0.1) is 0 Å². The first-order valence-electron chi connectivity index (χ1n) is 5.87. The fourth-order valence-corrected chi connectivity index (χ4v) is 3.42. The monoisotopic (exact) mass is 248 g/mol. The van der Waals surface area contributed by atoms with Crippen LogP contribution in [0.15, 0.2) is 12.3 Å². The Kier molecular flexibility index (Phi) is 2.70. The molecular weight excluding hydrogens is 232 g/mol. The predicted molar refractivity (Wildman–Crippen MR) is 72.6 cm³/mol. The number of hydrogen-bond donors (Lipinski definition) is 1. The van der Waals surface area contributed by atoms with Crippen LogP contribution in [0.2, 0.25) is 0 Å². The molecule has 1 unspecified atom stereocenters. The Morgan fingerprint density at radius 3 is 3.18 bits per heavy atom. The van der Waals surface area contributed by atoms with Crippen molar-refractivity contribution in [3.63, 3.8) is 0 Å². The number of thioether (sulfide) groups is 1. The fourth-order valence-electron chi connectivity index (χ4n) is 2.27. The molecule has 1 aliphatic heterocycles. The van der Waals surface area contributed by atoms with Gasteiger partial charge in [-0.3, -0.25) is 4.68 Å². The summed E-state index contributed by atoms with van der Waals surface area (Å²) in [6.07, 6.45) is 3.15. The van der Waals surface area contributed by atoms with Crippen LogP contribution < -0.4 is 5.32 Å². The minimum Gasteiger partial charge on any atom is -0.380 e. The van der Waals surface area contributed by atoms with Gasteiger partial charge in [0.2, 0.25) is 0 Å². The van der Waals surface area contributed by atoms with Crippen LogP contribution in [0.5, 0.6) is 0 Å². The SMILES string of the molecule is Cc1nn(C)c2ncc(NC3CCSC3)cc12. The molecule has 5 heteroatoms. The molecule has 0 radical (unpaired) electrons. The molecule has 0 aliphatic carbocycles. The molecule has 90 valence electrons. The largest absolute Gasteiger partial charge is 0.380 e. The van der Waals surface area contributed by atoms with Crippen molar-refractivity contribution in [1.29, 1.82) is 0 Å². The number of aryl methyl sites for hydroxylation is 2. The van der Waals surface area contributed by atoms with Gasteiger partial charge in [0.25, 0.3) is 0 Å². The zero-order valence-electron chi connectivity index (χ0n) is 10.1. The van der Waals surface area contributed by atoms with Crippen molar-refractivity contribution in [2.45, 2.75) is 19.4 Å². The average molecular weight is 248 g/mol. The standard InChI is InChI=1S/C12H16N4S/c1-8-11-5-10(14-9-3-4-17-7-9)6-13-12(11)16(2)15-8/h5-6,9,14H,3-4,7H2,1-2H3. The lowest BCUT2D eigenvalue weighted by Gasteiger charge is -2.12. The summed E-state index contributed by atoms with van der Waals surface area (Å²) in [5, 5.41) is 9.08. The first kappa shape index (κ1) is 10.9. The third kappa shape index (κ3) is 1.99. The quantitative estimate of drug-likeness (QED) is 0.884. The van der Waals surface area contributed by atoms with Crippen LogP contribution in [-0.4, -0.2) is 32.3 Å².